The summed E-state index contributed by atoms with van der Waals surface area (Å²) in [5.41, 5.74) is 1.05. The number of aromatic nitrogens is 1. The molecule has 0 fully saturated rings. The number of carbonyl (C=O) groups excluding carboxylic acids is 1. The molecule has 0 radical (unpaired) electrons. The number of rotatable bonds is 7. The molecule has 0 bridgehead atoms. The minimum absolute atomic E-state index is 0.101. The van der Waals surface area contributed by atoms with Crippen molar-refractivity contribution < 1.29 is 9.53 Å². The van der Waals surface area contributed by atoms with E-state index in [-0.39, 0.29) is 12.5 Å². The first-order valence-corrected chi connectivity index (χ1v) is 7.51. The lowest BCUT2D eigenvalue weighted by Gasteiger charge is -2.11. The summed E-state index contributed by atoms with van der Waals surface area (Å²) >= 11 is 1.66. The van der Waals surface area contributed by atoms with Crippen molar-refractivity contribution in [1.82, 2.24) is 20.9 Å². The molecule has 0 spiro atoms. The Labute approximate surface area is 129 Å². The monoisotopic (exact) mass is 313 g/mol. The van der Waals surface area contributed by atoms with Crippen molar-refractivity contribution in [2.24, 2.45) is 4.99 Å². The molecular weight excluding hydrogens is 290 g/mol. The summed E-state index contributed by atoms with van der Waals surface area (Å²) in [5, 5.41) is 9.81. The molecule has 0 aliphatic rings. The van der Waals surface area contributed by atoms with Crippen LogP contribution >= 0.6 is 11.3 Å². The Kier molecular flexibility index (Phi) is 7.70. The maximum absolute atomic E-state index is 11.5. The van der Waals surface area contributed by atoms with Gasteiger partial charge in [-0.15, -0.1) is 11.3 Å². The Bertz CT molecular complexity index is 467. The lowest BCUT2D eigenvalue weighted by atomic mass is 10.4. The van der Waals surface area contributed by atoms with E-state index in [9.17, 15) is 4.79 Å². The van der Waals surface area contributed by atoms with Gasteiger partial charge in [-0.05, 0) is 13.8 Å². The van der Waals surface area contributed by atoms with Gasteiger partial charge in [-0.2, -0.15) is 0 Å². The van der Waals surface area contributed by atoms with Crippen LogP contribution < -0.4 is 16.0 Å². The number of aliphatic imine (C=N–C) groups is 1. The van der Waals surface area contributed by atoms with E-state index in [0.29, 0.717) is 25.7 Å². The van der Waals surface area contributed by atoms with Crippen molar-refractivity contribution in [3.63, 3.8) is 0 Å². The van der Waals surface area contributed by atoms with Crippen LogP contribution in [-0.4, -0.2) is 50.7 Å². The van der Waals surface area contributed by atoms with Crippen LogP contribution in [0.4, 0.5) is 0 Å². The highest BCUT2D eigenvalue weighted by atomic mass is 32.1. The minimum Gasteiger partial charge on any atom is -0.383 e. The molecule has 0 unspecified atom stereocenters. The second-order valence-electron chi connectivity index (χ2n) is 4.37. The van der Waals surface area contributed by atoms with Gasteiger partial charge in [0.25, 0.3) is 0 Å². The van der Waals surface area contributed by atoms with Gasteiger partial charge in [-0.25, -0.2) is 4.98 Å². The van der Waals surface area contributed by atoms with Gasteiger partial charge in [0.2, 0.25) is 5.91 Å². The number of thiazole rings is 1. The molecule has 0 saturated heterocycles. The Morgan fingerprint density at radius 3 is 2.67 bits per heavy atom. The fourth-order valence-electron chi connectivity index (χ4n) is 1.51. The molecule has 8 heteroatoms. The zero-order valence-electron chi connectivity index (χ0n) is 12.9. The second kappa shape index (κ2) is 9.30. The molecule has 21 heavy (non-hydrogen) atoms. The van der Waals surface area contributed by atoms with Crippen molar-refractivity contribution in [1.29, 1.82) is 0 Å². The van der Waals surface area contributed by atoms with Crippen molar-refractivity contribution >= 4 is 23.2 Å². The molecule has 0 aliphatic carbocycles. The maximum atomic E-state index is 11.5. The third-order valence-corrected chi connectivity index (χ3v) is 3.82. The normalized spacial score (nSPS) is 11.3. The number of carbonyl (C=O) groups is 1. The lowest BCUT2D eigenvalue weighted by molar-refractivity contribution is -0.120. The molecule has 0 atom stereocenters. The number of aryl methyl sites for hydroxylation is 2. The van der Waals surface area contributed by atoms with Gasteiger partial charge in [-0.1, -0.05) is 0 Å². The molecule has 0 aliphatic heterocycles. The predicted octanol–water partition coefficient (Wildman–Crippen LogP) is 0.188. The van der Waals surface area contributed by atoms with Crippen LogP contribution in [0, 0.1) is 13.8 Å². The third kappa shape index (κ3) is 6.54. The molecule has 1 aromatic rings. The van der Waals surface area contributed by atoms with Crippen molar-refractivity contribution in [2.75, 3.05) is 33.9 Å². The van der Waals surface area contributed by atoms with Gasteiger partial charge in [0.05, 0.1) is 25.4 Å². The zero-order chi connectivity index (χ0) is 15.7. The first-order chi connectivity index (χ1) is 10.1. The standard InChI is InChI=1S/C13H23N5O2S/c1-9-10(2)21-12(18-9)8-17-13(14-3)16-7-11(19)15-5-6-20-4/h5-8H2,1-4H3,(H,15,19)(H2,14,16,17). The summed E-state index contributed by atoms with van der Waals surface area (Å²) in [6.45, 7) is 5.80. The van der Waals surface area contributed by atoms with Crippen LogP contribution in [0.15, 0.2) is 4.99 Å². The number of hydrogen-bond acceptors (Lipinski definition) is 5. The average molecular weight is 313 g/mol. The van der Waals surface area contributed by atoms with E-state index in [4.69, 9.17) is 4.74 Å². The van der Waals surface area contributed by atoms with E-state index in [1.54, 1.807) is 25.5 Å². The molecule has 1 rings (SSSR count). The summed E-state index contributed by atoms with van der Waals surface area (Å²) in [4.78, 5) is 21.3. The number of nitrogens with zero attached hydrogens (tertiary/aromatic N) is 2. The number of amides is 1. The van der Waals surface area contributed by atoms with Gasteiger partial charge in [0.15, 0.2) is 5.96 Å². The summed E-state index contributed by atoms with van der Waals surface area (Å²) in [5.74, 6) is 0.471. The highest BCUT2D eigenvalue weighted by Gasteiger charge is 2.06. The van der Waals surface area contributed by atoms with E-state index in [2.05, 4.69) is 25.9 Å². The van der Waals surface area contributed by atoms with E-state index >= 15 is 0 Å². The molecule has 118 valence electrons. The molecule has 1 aromatic heterocycles. The van der Waals surface area contributed by atoms with Crippen LogP contribution in [0.2, 0.25) is 0 Å². The smallest absolute Gasteiger partial charge is 0.239 e. The Morgan fingerprint density at radius 1 is 1.33 bits per heavy atom. The Balaban J connectivity index is 2.30. The zero-order valence-corrected chi connectivity index (χ0v) is 13.8. The highest BCUT2D eigenvalue weighted by Crippen LogP contribution is 2.15. The van der Waals surface area contributed by atoms with Crippen LogP contribution in [0.3, 0.4) is 0 Å². The third-order valence-electron chi connectivity index (χ3n) is 2.75. The maximum Gasteiger partial charge on any atom is 0.239 e. The number of nitrogens with one attached hydrogen (secondary N) is 3. The average Bonchev–Trinajstić information content (AvgIpc) is 2.78. The first kappa shape index (κ1) is 17.4. The van der Waals surface area contributed by atoms with E-state index < -0.39 is 0 Å². The van der Waals surface area contributed by atoms with Crippen molar-refractivity contribution in [2.45, 2.75) is 20.4 Å². The fourth-order valence-corrected chi connectivity index (χ4v) is 2.39. The first-order valence-electron chi connectivity index (χ1n) is 6.70. The van der Waals surface area contributed by atoms with Crippen LogP contribution in [0.5, 0.6) is 0 Å². The molecule has 1 amide bonds. The molecule has 0 aromatic carbocycles. The van der Waals surface area contributed by atoms with E-state index in [1.165, 1.54) is 4.88 Å². The summed E-state index contributed by atoms with van der Waals surface area (Å²) in [7, 11) is 3.26. The molecular formula is C13H23N5O2S. The highest BCUT2D eigenvalue weighted by molar-refractivity contribution is 7.11. The minimum atomic E-state index is -0.101. The van der Waals surface area contributed by atoms with Crippen LogP contribution in [-0.2, 0) is 16.1 Å². The predicted molar refractivity (Wildman–Crippen MR) is 84.7 cm³/mol. The van der Waals surface area contributed by atoms with Crippen molar-refractivity contribution in [3.8, 4) is 0 Å². The van der Waals surface area contributed by atoms with E-state index in [0.717, 1.165) is 10.7 Å². The largest absolute Gasteiger partial charge is 0.383 e. The molecule has 0 saturated carbocycles. The topological polar surface area (TPSA) is 87.6 Å². The quantitative estimate of drug-likeness (QED) is 0.380. The van der Waals surface area contributed by atoms with Crippen LogP contribution in [0.25, 0.3) is 0 Å². The number of methoxy groups -OCH3 is 1. The number of hydrogen-bond donors (Lipinski definition) is 3. The van der Waals surface area contributed by atoms with Gasteiger partial charge < -0.3 is 20.7 Å². The summed E-state index contributed by atoms with van der Waals surface area (Å²) in [6, 6.07) is 0. The van der Waals surface area contributed by atoms with Gasteiger partial charge in [0, 0.05) is 25.6 Å². The van der Waals surface area contributed by atoms with E-state index in [1.807, 2.05) is 13.8 Å². The van der Waals surface area contributed by atoms with Gasteiger partial charge in [-0.3, -0.25) is 9.79 Å². The molecule has 7 nitrogen and oxygen atoms in total. The Morgan fingerprint density at radius 2 is 2.10 bits per heavy atom. The Hall–Kier alpha value is -1.67. The lowest BCUT2D eigenvalue weighted by Crippen LogP contribution is -2.43. The number of guanidine groups is 1. The van der Waals surface area contributed by atoms with Gasteiger partial charge >= 0.3 is 0 Å². The van der Waals surface area contributed by atoms with Crippen LogP contribution in [0.1, 0.15) is 15.6 Å². The number of ether oxygens (including phenoxy) is 1. The molecule has 1 heterocycles. The second-order valence-corrected chi connectivity index (χ2v) is 5.66. The fraction of sp³-hybridized carbons (Fsp3) is 0.615. The van der Waals surface area contributed by atoms with Gasteiger partial charge in [0.1, 0.15) is 5.01 Å². The SMILES string of the molecule is CN=C(NCC(=O)NCCOC)NCc1nc(C)c(C)s1. The summed E-state index contributed by atoms with van der Waals surface area (Å²) in [6.07, 6.45) is 0. The van der Waals surface area contributed by atoms with Crippen molar-refractivity contribution in [3.05, 3.63) is 15.6 Å². The summed E-state index contributed by atoms with van der Waals surface area (Å²) < 4.78 is 4.86. The molecule has 3 N–H and O–H groups in total.